The number of carbonyl (C=O) groups excluding carboxylic acids is 1. The van der Waals surface area contributed by atoms with Crippen molar-refractivity contribution in [2.75, 3.05) is 7.11 Å². The molecule has 2 atom stereocenters. The van der Waals surface area contributed by atoms with E-state index in [-0.39, 0.29) is 11.1 Å². The number of methoxy groups -OCH3 is 1. The molecule has 4 nitrogen and oxygen atoms in total. The number of hydrogen-bond donors (Lipinski definition) is 0. The number of hydrogen-bond acceptors (Lipinski definition) is 4. The first-order chi connectivity index (χ1) is 14.4. The molecule has 0 N–H and O–H groups in total. The molecule has 0 aliphatic carbocycles. The van der Waals surface area contributed by atoms with Crippen molar-refractivity contribution in [2.24, 2.45) is 0 Å². The van der Waals surface area contributed by atoms with Crippen LogP contribution in [0.25, 0.3) is 0 Å². The van der Waals surface area contributed by atoms with Gasteiger partial charge in [0.2, 0.25) is 0 Å². The van der Waals surface area contributed by atoms with Crippen LogP contribution in [0.4, 0.5) is 4.79 Å². The largest absolute Gasteiger partial charge is 0.509 e. The zero-order chi connectivity index (χ0) is 24.0. The Morgan fingerprint density at radius 1 is 0.903 bits per heavy atom. The first kappa shape index (κ1) is 30.0. The van der Waals surface area contributed by atoms with E-state index < -0.39 is 20.1 Å². The van der Waals surface area contributed by atoms with E-state index in [1.807, 2.05) is 6.92 Å². The van der Waals surface area contributed by atoms with Gasteiger partial charge in [-0.3, -0.25) is 0 Å². The molecule has 0 amide bonds. The standard InChI is InChI=1S/C26H50O4Si/c1-10-12-14-16-17-19-23(30-31(8,9)25(3,4)5)20-22-26(6,29-24(27)28-7)21-18-15-13-11-2/h23H,10-19,21H2,1-9H3. The third kappa shape index (κ3) is 13.2. The van der Waals surface area contributed by atoms with E-state index in [1.54, 1.807) is 0 Å². The monoisotopic (exact) mass is 454 g/mol. The van der Waals surface area contributed by atoms with Gasteiger partial charge in [0, 0.05) is 0 Å². The van der Waals surface area contributed by atoms with Crippen LogP contribution in [0.15, 0.2) is 0 Å². The van der Waals surface area contributed by atoms with Gasteiger partial charge in [-0.15, -0.1) is 0 Å². The second-order valence-electron chi connectivity index (χ2n) is 10.4. The van der Waals surface area contributed by atoms with Crippen molar-refractivity contribution in [3.63, 3.8) is 0 Å². The van der Waals surface area contributed by atoms with E-state index in [1.165, 1.54) is 45.6 Å². The molecule has 0 aromatic carbocycles. The Labute approximate surface area is 194 Å². The Balaban J connectivity index is 5.46. The van der Waals surface area contributed by atoms with Gasteiger partial charge in [-0.05, 0) is 50.7 Å². The van der Waals surface area contributed by atoms with Gasteiger partial charge in [-0.2, -0.15) is 0 Å². The van der Waals surface area contributed by atoms with Gasteiger partial charge < -0.3 is 13.9 Å². The maximum atomic E-state index is 11.9. The van der Waals surface area contributed by atoms with E-state index in [0.29, 0.717) is 6.42 Å². The van der Waals surface area contributed by atoms with Crippen molar-refractivity contribution < 1.29 is 18.7 Å². The average Bonchev–Trinajstić information content (AvgIpc) is 2.68. The maximum absolute atomic E-state index is 11.9. The summed E-state index contributed by atoms with van der Waals surface area (Å²) in [5.74, 6) is 6.67. The summed E-state index contributed by atoms with van der Waals surface area (Å²) >= 11 is 0. The molecule has 0 heterocycles. The van der Waals surface area contributed by atoms with Crippen molar-refractivity contribution in [3.05, 3.63) is 0 Å². The SMILES string of the molecule is CCCCCCCC(C#CC(C)(CCCCCC)OC(=O)OC)O[Si](C)(C)C(C)(C)C. The summed E-state index contributed by atoms with van der Waals surface area (Å²) in [4.78, 5) is 11.9. The molecule has 0 aromatic heterocycles. The lowest BCUT2D eigenvalue weighted by atomic mass is 9.97. The lowest BCUT2D eigenvalue weighted by Crippen LogP contribution is -2.43. The third-order valence-electron chi connectivity index (χ3n) is 6.29. The average molecular weight is 455 g/mol. The van der Waals surface area contributed by atoms with Crippen LogP contribution in [0.1, 0.15) is 112 Å². The third-order valence-corrected chi connectivity index (χ3v) is 10.8. The number of rotatable bonds is 14. The molecule has 0 bridgehead atoms. The Kier molecular flexibility index (Phi) is 14.5. The van der Waals surface area contributed by atoms with Crippen LogP contribution >= 0.6 is 0 Å². The minimum atomic E-state index is -1.95. The Morgan fingerprint density at radius 3 is 1.97 bits per heavy atom. The highest BCUT2D eigenvalue weighted by Gasteiger charge is 2.39. The van der Waals surface area contributed by atoms with Crippen molar-refractivity contribution in [2.45, 2.75) is 142 Å². The second-order valence-corrected chi connectivity index (χ2v) is 15.2. The molecule has 0 saturated carbocycles. The molecule has 0 aliphatic rings. The molecule has 182 valence electrons. The van der Waals surface area contributed by atoms with Crippen molar-refractivity contribution in [3.8, 4) is 11.8 Å². The van der Waals surface area contributed by atoms with Gasteiger partial charge >= 0.3 is 6.16 Å². The molecule has 2 unspecified atom stereocenters. The number of ether oxygens (including phenoxy) is 2. The summed E-state index contributed by atoms with van der Waals surface area (Å²) in [5, 5.41) is 0.126. The van der Waals surface area contributed by atoms with Crippen LogP contribution in [-0.2, 0) is 13.9 Å². The van der Waals surface area contributed by atoms with Gasteiger partial charge in [0.05, 0.1) is 7.11 Å². The summed E-state index contributed by atoms with van der Waals surface area (Å²) in [7, 11) is -0.609. The van der Waals surface area contributed by atoms with Crippen LogP contribution < -0.4 is 0 Å². The maximum Gasteiger partial charge on any atom is 0.509 e. The van der Waals surface area contributed by atoms with E-state index in [4.69, 9.17) is 13.9 Å². The molecular formula is C26H50O4Si. The Morgan fingerprint density at radius 2 is 1.45 bits per heavy atom. The molecular weight excluding hydrogens is 404 g/mol. The smallest absolute Gasteiger partial charge is 0.438 e. The lowest BCUT2D eigenvalue weighted by Gasteiger charge is -2.38. The van der Waals surface area contributed by atoms with E-state index >= 15 is 0 Å². The summed E-state index contributed by atoms with van der Waals surface area (Å²) in [5.41, 5.74) is -0.849. The minimum Gasteiger partial charge on any atom is -0.438 e. The molecule has 0 fully saturated rings. The van der Waals surface area contributed by atoms with E-state index in [9.17, 15) is 4.79 Å². The van der Waals surface area contributed by atoms with Crippen LogP contribution in [0.2, 0.25) is 18.1 Å². The Hall–Kier alpha value is -0.993. The summed E-state index contributed by atoms with van der Waals surface area (Å²) in [6.07, 6.45) is 11.4. The summed E-state index contributed by atoms with van der Waals surface area (Å²) in [6.45, 7) is 17.6. The summed E-state index contributed by atoms with van der Waals surface area (Å²) < 4.78 is 17.0. The second kappa shape index (κ2) is 15.0. The highest BCUT2D eigenvalue weighted by Crippen LogP contribution is 2.37. The van der Waals surface area contributed by atoms with Crippen LogP contribution in [0.5, 0.6) is 0 Å². The molecule has 31 heavy (non-hydrogen) atoms. The molecule has 0 aromatic rings. The first-order valence-electron chi connectivity index (χ1n) is 12.4. The fourth-order valence-corrected chi connectivity index (χ4v) is 4.35. The van der Waals surface area contributed by atoms with Gasteiger partial charge in [-0.1, -0.05) is 91.4 Å². The minimum absolute atomic E-state index is 0.126. The predicted molar refractivity (Wildman–Crippen MR) is 134 cm³/mol. The van der Waals surface area contributed by atoms with Gasteiger partial charge in [0.25, 0.3) is 0 Å². The van der Waals surface area contributed by atoms with Crippen molar-refractivity contribution in [1.82, 2.24) is 0 Å². The van der Waals surface area contributed by atoms with Crippen LogP contribution in [-0.4, -0.2) is 33.3 Å². The summed E-state index contributed by atoms with van der Waals surface area (Å²) in [6, 6.07) is 0. The van der Waals surface area contributed by atoms with Gasteiger partial charge in [-0.25, -0.2) is 4.79 Å². The lowest BCUT2D eigenvalue weighted by molar-refractivity contribution is 0.00828. The molecule has 0 rings (SSSR count). The quantitative estimate of drug-likeness (QED) is 0.115. The van der Waals surface area contributed by atoms with E-state index in [2.05, 4.69) is 59.6 Å². The fraction of sp³-hybridized carbons (Fsp3) is 0.885. The van der Waals surface area contributed by atoms with E-state index in [0.717, 1.165) is 25.7 Å². The molecule has 0 radical (unpaired) electrons. The topological polar surface area (TPSA) is 44.8 Å². The van der Waals surface area contributed by atoms with Gasteiger partial charge in [0.15, 0.2) is 13.9 Å². The zero-order valence-corrected chi connectivity index (χ0v) is 23.0. The highest BCUT2D eigenvalue weighted by atomic mass is 28.4. The molecule has 0 aliphatic heterocycles. The normalized spacial score (nSPS) is 14.9. The van der Waals surface area contributed by atoms with Gasteiger partial charge in [0.1, 0.15) is 6.10 Å². The zero-order valence-electron chi connectivity index (χ0n) is 22.0. The van der Waals surface area contributed by atoms with Crippen LogP contribution in [0, 0.1) is 11.8 Å². The Bertz CT molecular complexity index is 556. The van der Waals surface area contributed by atoms with Crippen molar-refractivity contribution in [1.29, 1.82) is 0 Å². The predicted octanol–water partition coefficient (Wildman–Crippen LogP) is 8.25. The first-order valence-corrected chi connectivity index (χ1v) is 15.3. The fourth-order valence-electron chi connectivity index (χ4n) is 3.11. The van der Waals surface area contributed by atoms with Crippen LogP contribution in [0.3, 0.4) is 0 Å². The highest BCUT2D eigenvalue weighted by molar-refractivity contribution is 6.74. The molecule has 0 spiro atoms. The molecule has 0 saturated heterocycles. The number of carbonyl (C=O) groups is 1. The molecule has 5 heteroatoms. The van der Waals surface area contributed by atoms with Crippen molar-refractivity contribution >= 4 is 14.5 Å². The number of unbranched alkanes of at least 4 members (excludes halogenated alkanes) is 7.